The second-order valence-corrected chi connectivity index (χ2v) is 7.26. The lowest BCUT2D eigenvalue weighted by Gasteiger charge is -2.10. The number of hydrogen-bond donors (Lipinski definition) is 0. The predicted octanol–water partition coefficient (Wildman–Crippen LogP) is 5.31. The van der Waals surface area contributed by atoms with Gasteiger partial charge in [-0.25, -0.2) is 18.7 Å². The third kappa shape index (κ3) is 5.70. The van der Waals surface area contributed by atoms with Crippen LogP contribution < -0.4 is 4.74 Å². The summed E-state index contributed by atoms with van der Waals surface area (Å²) in [5, 5.41) is 0.278. The Morgan fingerprint density at radius 2 is 2.07 bits per heavy atom. The average Bonchev–Trinajstić information content (AvgIpc) is 2.76. The molecule has 0 aliphatic heterocycles. The van der Waals surface area contributed by atoms with Gasteiger partial charge in [0, 0.05) is 35.0 Å². The van der Waals surface area contributed by atoms with E-state index in [4.69, 9.17) is 4.74 Å². The molecule has 0 atom stereocenters. The van der Waals surface area contributed by atoms with Crippen molar-refractivity contribution in [3.63, 3.8) is 0 Å². The molecule has 0 fully saturated rings. The molecule has 1 aromatic carbocycles. The molecule has 0 amide bonds. The molecule has 0 spiro atoms. The minimum Gasteiger partial charge on any atom is -0.496 e. The summed E-state index contributed by atoms with van der Waals surface area (Å²) in [6.45, 7) is 1.66. The van der Waals surface area contributed by atoms with Crippen LogP contribution in [0.4, 0.5) is 8.78 Å². The zero-order valence-electron chi connectivity index (χ0n) is 16.4. The highest BCUT2D eigenvalue weighted by molar-refractivity contribution is 7.98. The Morgan fingerprint density at radius 3 is 2.77 bits per heavy atom. The van der Waals surface area contributed by atoms with Gasteiger partial charge in [-0.15, -0.1) is 0 Å². The number of nitrogens with zero attached hydrogens (tertiary/aromatic N) is 3. The van der Waals surface area contributed by atoms with Crippen LogP contribution in [0.5, 0.6) is 5.75 Å². The van der Waals surface area contributed by atoms with E-state index >= 15 is 0 Å². The number of benzene rings is 1. The van der Waals surface area contributed by atoms with Crippen molar-refractivity contribution in [2.75, 3.05) is 7.11 Å². The quantitative estimate of drug-likeness (QED) is 0.210. The summed E-state index contributed by atoms with van der Waals surface area (Å²) in [5.74, 6) is 0.926. The molecule has 30 heavy (non-hydrogen) atoms. The second-order valence-electron chi connectivity index (χ2n) is 6.32. The van der Waals surface area contributed by atoms with Gasteiger partial charge in [0.05, 0.1) is 7.11 Å². The van der Waals surface area contributed by atoms with Gasteiger partial charge in [-0.3, -0.25) is 9.78 Å². The van der Waals surface area contributed by atoms with E-state index in [1.165, 1.54) is 30.1 Å². The van der Waals surface area contributed by atoms with Crippen LogP contribution in [0.1, 0.15) is 39.3 Å². The number of carbonyl (C=O) groups excluding carboxylic acids is 1. The topological polar surface area (TPSA) is 65.0 Å². The van der Waals surface area contributed by atoms with Gasteiger partial charge in [-0.2, -0.15) is 0 Å². The van der Waals surface area contributed by atoms with Gasteiger partial charge in [-0.1, -0.05) is 23.9 Å². The summed E-state index contributed by atoms with van der Waals surface area (Å²) >= 11 is 1.24. The highest BCUT2D eigenvalue weighted by atomic mass is 32.2. The fourth-order valence-electron chi connectivity index (χ4n) is 2.68. The van der Waals surface area contributed by atoms with Crippen molar-refractivity contribution in [1.29, 1.82) is 0 Å². The van der Waals surface area contributed by atoms with Crippen molar-refractivity contribution >= 4 is 23.6 Å². The fourth-order valence-corrected chi connectivity index (χ4v) is 3.56. The Labute approximate surface area is 177 Å². The van der Waals surface area contributed by atoms with E-state index in [1.807, 2.05) is 12.1 Å². The zero-order valence-corrected chi connectivity index (χ0v) is 17.2. The molecule has 0 bridgehead atoms. The minimum absolute atomic E-state index is 0.150. The maximum atomic E-state index is 13.0. The van der Waals surface area contributed by atoms with Crippen LogP contribution in [0.3, 0.4) is 0 Å². The molecule has 0 saturated carbocycles. The van der Waals surface area contributed by atoms with Gasteiger partial charge in [0.2, 0.25) is 0 Å². The maximum Gasteiger partial charge on any atom is 0.280 e. The molecule has 2 aromatic heterocycles. The van der Waals surface area contributed by atoms with E-state index < -0.39 is 6.43 Å². The molecule has 5 nitrogen and oxygen atoms in total. The van der Waals surface area contributed by atoms with E-state index in [9.17, 15) is 13.6 Å². The van der Waals surface area contributed by atoms with Crippen LogP contribution in [0, 0.1) is 6.92 Å². The van der Waals surface area contributed by atoms with E-state index in [-0.39, 0.29) is 16.6 Å². The normalized spacial score (nSPS) is 11.2. The molecule has 3 aromatic rings. The lowest BCUT2D eigenvalue weighted by atomic mass is 10.1. The first-order valence-corrected chi connectivity index (χ1v) is 10.0. The lowest BCUT2D eigenvalue weighted by Crippen LogP contribution is -1.98. The van der Waals surface area contributed by atoms with Gasteiger partial charge in [0.1, 0.15) is 11.4 Å². The summed E-state index contributed by atoms with van der Waals surface area (Å²) in [4.78, 5) is 24.3. The number of rotatable bonds is 8. The lowest BCUT2D eigenvalue weighted by molar-refractivity contribution is 0.104. The first-order chi connectivity index (χ1) is 14.5. The Kier molecular flexibility index (Phi) is 7.24. The Bertz CT molecular complexity index is 1060. The van der Waals surface area contributed by atoms with Crippen LogP contribution >= 0.6 is 11.8 Å². The SMILES string of the molecule is COc1ccc(/C=C/C(=O)c2cccnc2)cc1CSc1nc(C)cc(C(F)F)n1. The molecule has 0 aliphatic carbocycles. The highest BCUT2D eigenvalue weighted by Gasteiger charge is 2.13. The number of pyridine rings is 1. The Morgan fingerprint density at radius 1 is 1.23 bits per heavy atom. The monoisotopic (exact) mass is 427 g/mol. The second kappa shape index (κ2) is 10.1. The smallest absolute Gasteiger partial charge is 0.280 e. The standard InChI is InChI=1S/C22H19F2N3O2S/c1-14-10-18(21(23)24)27-22(26-14)30-13-17-11-15(6-8-20(17)29-2)5-7-19(28)16-4-3-9-25-12-16/h3-12,21H,13H2,1-2H3/b7-5+. The van der Waals surface area contributed by atoms with E-state index in [2.05, 4.69) is 15.0 Å². The van der Waals surface area contributed by atoms with Crippen LogP contribution in [0.2, 0.25) is 0 Å². The molecular weight excluding hydrogens is 408 g/mol. The number of aromatic nitrogens is 3. The number of thioether (sulfide) groups is 1. The maximum absolute atomic E-state index is 13.0. The number of ketones is 1. The first kappa shape index (κ1) is 21.6. The molecule has 0 saturated heterocycles. The van der Waals surface area contributed by atoms with Crippen molar-refractivity contribution in [2.24, 2.45) is 0 Å². The largest absolute Gasteiger partial charge is 0.496 e. The van der Waals surface area contributed by atoms with Gasteiger partial charge >= 0.3 is 0 Å². The molecular formula is C22H19F2N3O2S. The van der Waals surface area contributed by atoms with Crippen LogP contribution in [-0.4, -0.2) is 27.8 Å². The molecule has 8 heteroatoms. The predicted molar refractivity (Wildman–Crippen MR) is 112 cm³/mol. The summed E-state index contributed by atoms with van der Waals surface area (Å²) < 4.78 is 31.3. The Balaban J connectivity index is 1.76. The highest BCUT2D eigenvalue weighted by Crippen LogP contribution is 2.29. The average molecular weight is 427 g/mol. The number of allylic oxidation sites excluding steroid dienone is 1. The molecule has 3 rings (SSSR count). The summed E-state index contributed by atoms with van der Waals surface area (Å²) in [5.41, 5.74) is 2.34. The molecule has 0 unspecified atom stereocenters. The van der Waals surface area contributed by atoms with Crippen molar-refractivity contribution in [2.45, 2.75) is 24.3 Å². The summed E-state index contributed by atoms with van der Waals surface area (Å²) in [6, 6.07) is 10.2. The van der Waals surface area contributed by atoms with Crippen molar-refractivity contribution < 1.29 is 18.3 Å². The number of alkyl halides is 2. The number of hydrogen-bond acceptors (Lipinski definition) is 6. The van der Waals surface area contributed by atoms with E-state index in [0.29, 0.717) is 22.8 Å². The number of methoxy groups -OCH3 is 1. The number of ether oxygens (including phenoxy) is 1. The third-order valence-electron chi connectivity index (χ3n) is 4.11. The van der Waals surface area contributed by atoms with Crippen molar-refractivity contribution in [3.8, 4) is 5.75 Å². The van der Waals surface area contributed by atoms with Gasteiger partial charge in [-0.05, 0) is 48.9 Å². The van der Waals surface area contributed by atoms with Crippen molar-refractivity contribution in [3.05, 3.63) is 82.9 Å². The van der Waals surface area contributed by atoms with Gasteiger partial charge < -0.3 is 4.74 Å². The number of carbonyl (C=O) groups is 1. The summed E-state index contributed by atoms with van der Waals surface area (Å²) in [7, 11) is 1.56. The molecule has 0 N–H and O–H groups in total. The van der Waals surface area contributed by atoms with Crippen LogP contribution in [-0.2, 0) is 5.75 Å². The van der Waals surface area contributed by atoms with Crippen LogP contribution in [0.15, 0.2) is 60.0 Å². The van der Waals surface area contributed by atoms with Crippen molar-refractivity contribution in [1.82, 2.24) is 15.0 Å². The van der Waals surface area contributed by atoms with Gasteiger partial charge in [0.25, 0.3) is 6.43 Å². The fraction of sp³-hybridized carbons (Fsp3) is 0.182. The van der Waals surface area contributed by atoms with E-state index in [1.54, 1.807) is 44.5 Å². The number of halogens is 2. The van der Waals surface area contributed by atoms with E-state index in [0.717, 1.165) is 11.1 Å². The first-order valence-electron chi connectivity index (χ1n) is 9.02. The molecule has 0 radical (unpaired) electrons. The molecule has 0 aliphatic rings. The third-order valence-corrected chi connectivity index (χ3v) is 5.01. The molecule has 2 heterocycles. The zero-order chi connectivity index (χ0) is 21.5. The van der Waals surface area contributed by atoms with Gasteiger partial charge in [0.15, 0.2) is 10.9 Å². The van der Waals surface area contributed by atoms with Crippen LogP contribution in [0.25, 0.3) is 6.08 Å². The minimum atomic E-state index is -2.65. The summed E-state index contributed by atoms with van der Waals surface area (Å²) in [6.07, 6.45) is 3.66. The molecule has 154 valence electrons. The Hall–Kier alpha value is -3.13. The number of aryl methyl sites for hydroxylation is 1.